The minimum atomic E-state index is -0.893. The molecule has 2 atom stereocenters. The topological polar surface area (TPSA) is 38.8 Å². The molecule has 1 aliphatic heterocycles. The summed E-state index contributed by atoms with van der Waals surface area (Å²) < 4.78 is 36.8. The summed E-state index contributed by atoms with van der Waals surface area (Å²) in [4.78, 5) is 14.2. The molecule has 0 aromatic heterocycles. The summed E-state index contributed by atoms with van der Waals surface area (Å²) in [7, 11) is 1.62. The normalized spacial score (nSPS) is 22.0. The summed E-state index contributed by atoms with van der Waals surface area (Å²) in [6.07, 6.45) is 0. The molecule has 2 rings (SSSR count). The van der Waals surface area contributed by atoms with Crippen molar-refractivity contribution >= 4 is 5.97 Å². The summed E-state index contributed by atoms with van der Waals surface area (Å²) in [6.45, 7) is 4.43. The fraction of sp³-hybridized carbons (Fsp3) is 0.562. The predicted octanol–water partition coefficient (Wildman–Crippen LogP) is 2.19. The third-order valence-corrected chi connectivity index (χ3v) is 3.97. The van der Waals surface area contributed by atoms with Gasteiger partial charge in [0.25, 0.3) is 0 Å². The molecule has 4 nitrogen and oxygen atoms in total. The molecule has 22 heavy (non-hydrogen) atoms. The number of esters is 1. The largest absolute Gasteiger partial charge is 0.466 e. The van der Waals surface area contributed by atoms with Crippen LogP contribution >= 0.6 is 0 Å². The number of likely N-dealkylation sites (tertiary alicyclic amines) is 1. The van der Waals surface area contributed by atoms with Crippen molar-refractivity contribution in [1.29, 1.82) is 0 Å². The Morgan fingerprint density at radius 1 is 1.32 bits per heavy atom. The molecule has 122 valence electrons. The van der Waals surface area contributed by atoms with Crippen LogP contribution in [0.25, 0.3) is 0 Å². The maximum atomic E-state index is 13.5. The number of benzene rings is 1. The van der Waals surface area contributed by atoms with Crippen LogP contribution in [0.5, 0.6) is 0 Å². The van der Waals surface area contributed by atoms with Gasteiger partial charge in [-0.15, -0.1) is 0 Å². The highest BCUT2D eigenvalue weighted by Gasteiger charge is 2.39. The molecule has 1 fully saturated rings. The van der Waals surface area contributed by atoms with Crippen LogP contribution in [0.4, 0.5) is 8.78 Å². The smallest absolute Gasteiger partial charge is 0.310 e. The molecule has 0 amide bonds. The van der Waals surface area contributed by atoms with E-state index in [2.05, 4.69) is 4.90 Å². The van der Waals surface area contributed by atoms with Gasteiger partial charge in [-0.05, 0) is 24.6 Å². The van der Waals surface area contributed by atoms with Gasteiger partial charge in [0, 0.05) is 32.7 Å². The first kappa shape index (κ1) is 16.8. The highest BCUT2D eigenvalue weighted by atomic mass is 19.2. The molecule has 0 aliphatic carbocycles. The van der Waals surface area contributed by atoms with E-state index in [-0.39, 0.29) is 17.8 Å². The Labute approximate surface area is 129 Å². The van der Waals surface area contributed by atoms with Gasteiger partial charge >= 0.3 is 5.97 Å². The maximum absolute atomic E-state index is 13.5. The van der Waals surface area contributed by atoms with Crippen molar-refractivity contribution in [2.45, 2.75) is 12.8 Å². The lowest BCUT2D eigenvalue weighted by molar-refractivity contribution is -0.148. The number of halogens is 2. The lowest BCUT2D eigenvalue weighted by Crippen LogP contribution is -2.27. The molecule has 0 bridgehead atoms. The molecule has 0 radical (unpaired) electrons. The first-order chi connectivity index (χ1) is 10.6. The van der Waals surface area contributed by atoms with Crippen molar-refractivity contribution < 1.29 is 23.0 Å². The van der Waals surface area contributed by atoms with E-state index in [9.17, 15) is 13.6 Å². The molecule has 1 aliphatic rings. The van der Waals surface area contributed by atoms with Crippen molar-refractivity contribution in [2.75, 3.05) is 40.0 Å². The zero-order valence-corrected chi connectivity index (χ0v) is 12.9. The number of carbonyl (C=O) groups excluding carboxylic acids is 1. The van der Waals surface area contributed by atoms with E-state index in [1.807, 2.05) is 0 Å². The van der Waals surface area contributed by atoms with Gasteiger partial charge in [0.05, 0.1) is 19.1 Å². The zero-order valence-electron chi connectivity index (χ0n) is 12.9. The van der Waals surface area contributed by atoms with Crippen molar-refractivity contribution in [1.82, 2.24) is 4.90 Å². The number of hydrogen-bond acceptors (Lipinski definition) is 4. The number of methoxy groups -OCH3 is 1. The lowest BCUT2D eigenvalue weighted by atomic mass is 9.89. The van der Waals surface area contributed by atoms with E-state index < -0.39 is 11.6 Å². The highest BCUT2D eigenvalue weighted by Crippen LogP contribution is 2.34. The standard InChI is InChI=1S/C16H21F2NO3/c1-3-22-16(20)13-10-19(6-7-21-2)9-12(13)11-4-5-14(17)15(18)8-11/h4-5,8,12-13H,3,6-7,9-10H2,1-2H3/t12-,13+/m0/s1. The van der Waals surface area contributed by atoms with Crippen LogP contribution in [0.1, 0.15) is 18.4 Å². The fourth-order valence-electron chi connectivity index (χ4n) is 2.86. The van der Waals surface area contributed by atoms with Crippen molar-refractivity contribution in [3.8, 4) is 0 Å². The Morgan fingerprint density at radius 2 is 2.09 bits per heavy atom. The first-order valence-electron chi connectivity index (χ1n) is 7.39. The van der Waals surface area contributed by atoms with Crippen LogP contribution in [-0.4, -0.2) is 50.8 Å². The van der Waals surface area contributed by atoms with Gasteiger partial charge in [-0.3, -0.25) is 9.69 Å². The Balaban J connectivity index is 2.19. The fourth-order valence-corrected chi connectivity index (χ4v) is 2.86. The second kappa shape index (κ2) is 7.65. The molecule has 1 aromatic carbocycles. The Hall–Kier alpha value is -1.53. The minimum absolute atomic E-state index is 0.203. The molecule has 0 saturated carbocycles. The number of ether oxygens (including phenoxy) is 2. The van der Waals surface area contributed by atoms with Gasteiger partial charge in [0.15, 0.2) is 11.6 Å². The molecule has 0 N–H and O–H groups in total. The summed E-state index contributed by atoms with van der Waals surface area (Å²) in [5.41, 5.74) is 0.622. The summed E-state index contributed by atoms with van der Waals surface area (Å²) in [5.74, 6) is -2.65. The van der Waals surface area contributed by atoms with Gasteiger partial charge in [0.1, 0.15) is 0 Å². The third kappa shape index (κ3) is 3.81. The predicted molar refractivity (Wildman–Crippen MR) is 77.5 cm³/mol. The van der Waals surface area contributed by atoms with E-state index >= 15 is 0 Å². The number of hydrogen-bond donors (Lipinski definition) is 0. The van der Waals surface area contributed by atoms with E-state index in [1.165, 1.54) is 12.1 Å². The average Bonchev–Trinajstić information content (AvgIpc) is 2.92. The monoisotopic (exact) mass is 313 g/mol. The molecule has 0 spiro atoms. The quantitative estimate of drug-likeness (QED) is 0.755. The van der Waals surface area contributed by atoms with Gasteiger partial charge in [-0.1, -0.05) is 6.07 Å². The molecule has 0 unspecified atom stereocenters. The second-order valence-electron chi connectivity index (χ2n) is 5.39. The average molecular weight is 313 g/mol. The Kier molecular flexibility index (Phi) is 5.85. The summed E-state index contributed by atoms with van der Waals surface area (Å²) in [5, 5.41) is 0. The second-order valence-corrected chi connectivity index (χ2v) is 5.39. The first-order valence-corrected chi connectivity index (χ1v) is 7.39. The van der Waals surface area contributed by atoms with E-state index in [1.54, 1.807) is 14.0 Å². The molecular weight excluding hydrogens is 292 g/mol. The number of carbonyl (C=O) groups is 1. The Bertz CT molecular complexity index is 524. The number of nitrogens with zero attached hydrogens (tertiary/aromatic N) is 1. The molecule has 1 saturated heterocycles. The summed E-state index contributed by atoms with van der Waals surface area (Å²) in [6, 6.07) is 3.81. The Morgan fingerprint density at radius 3 is 2.73 bits per heavy atom. The van der Waals surface area contributed by atoms with Gasteiger partial charge in [-0.2, -0.15) is 0 Å². The van der Waals surface area contributed by atoms with Crippen molar-refractivity contribution in [3.05, 3.63) is 35.4 Å². The SMILES string of the molecule is CCOC(=O)[C@@H]1CN(CCOC)C[C@H]1c1ccc(F)c(F)c1. The lowest BCUT2D eigenvalue weighted by Gasteiger charge is -2.17. The number of rotatable bonds is 6. The zero-order chi connectivity index (χ0) is 16.1. The minimum Gasteiger partial charge on any atom is -0.466 e. The van der Waals surface area contributed by atoms with Crippen LogP contribution in [0.2, 0.25) is 0 Å². The molecule has 1 aromatic rings. The van der Waals surface area contributed by atoms with Crippen LogP contribution in [0.3, 0.4) is 0 Å². The molecule has 6 heteroatoms. The van der Waals surface area contributed by atoms with Gasteiger partial charge < -0.3 is 9.47 Å². The van der Waals surface area contributed by atoms with Crippen LogP contribution < -0.4 is 0 Å². The van der Waals surface area contributed by atoms with Crippen molar-refractivity contribution in [3.63, 3.8) is 0 Å². The molecule has 1 heterocycles. The van der Waals surface area contributed by atoms with E-state index in [4.69, 9.17) is 9.47 Å². The van der Waals surface area contributed by atoms with Crippen LogP contribution in [-0.2, 0) is 14.3 Å². The third-order valence-electron chi connectivity index (χ3n) is 3.97. The van der Waals surface area contributed by atoms with Crippen LogP contribution in [0.15, 0.2) is 18.2 Å². The van der Waals surface area contributed by atoms with Crippen molar-refractivity contribution in [2.24, 2.45) is 5.92 Å². The van der Waals surface area contributed by atoms with Gasteiger partial charge in [-0.25, -0.2) is 8.78 Å². The van der Waals surface area contributed by atoms with Gasteiger partial charge in [0.2, 0.25) is 0 Å². The van der Waals surface area contributed by atoms with E-state index in [0.29, 0.717) is 38.4 Å². The van der Waals surface area contributed by atoms with Crippen LogP contribution in [0, 0.1) is 17.6 Å². The highest BCUT2D eigenvalue weighted by molar-refractivity contribution is 5.74. The van der Waals surface area contributed by atoms with E-state index in [0.717, 1.165) is 6.07 Å². The summed E-state index contributed by atoms with van der Waals surface area (Å²) >= 11 is 0. The molecular formula is C16H21F2NO3. The maximum Gasteiger partial charge on any atom is 0.310 e.